The molecular formula is C34H30F9N3O3. The highest BCUT2D eigenvalue weighted by Gasteiger charge is 2.50. The van der Waals surface area contributed by atoms with Crippen LogP contribution in [0, 0.1) is 5.92 Å². The molecule has 0 radical (unpaired) electrons. The van der Waals surface area contributed by atoms with Crippen LogP contribution in [0.1, 0.15) is 78.1 Å². The summed E-state index contributed by atoms with van der Waals surface area (Å²) in [6.07, 6.45) is -14.9. The van der Waals surface area contributed by atoms with Gasteiger partial charge < -0.3 is 20.3 Å². The van der Waals surface area contributed by atoms with Gasteiger partial charge in [-0.25, -0.2) is 4.79 Å². The molecule has 3 aromatic carbocycles. The molecule has 3 aliphatic heterocycles. The summed E-state index contributed by atoms with van der Waals surface area (Å²) in [4.78, 5) is 27.1. The van der Waals surface area contributed by atoms with E-state index < -0.39 is 70.9 Å². The van der Waals surface area contributed by atoms with Crippen LogP contribution in [0.5, 0.6) is 5.75 Å². The number of hydrogen-bond acceptors (Lipinski definition) is 3. The molecule has 3 fully saturated rings. The quantitative estimate of drug-likeness (QED) is 0.262. The van der Waals surface area contributed by atoms with Gasteiger partial charge in [-0.15, -0.1) is 0 Å². The Kier molecular flexibility index (Phi) is 8.34. The van der Waals surface area contributed by atoms with Crippen LogP contribution in [0.3, 0.4) is 0 Å². The summed E-state index contributed by atoms with van der Waals surface area (Å²) in [7, 11) is 1.38. The average Bonchev–Trinajstić information content (AvgIpc) is 3.67. The first-order valence-electron chi connectivity index (χ1n) is 15.4. The fourth-order valence-corrected chi connectivity index (χ4v) is 7.55. The van der Waals surface area contributed by atoms with Crippen molar-refractivity contribution in [3.05, 3.63) is 88.0 Å². The molecule has 0 saturated carbocycles. The van der Waals surface area contributed by atoms with Crippen molar-refractivity contribution in [1.82, 2.24) is 15.5 Å². The molecule has 6 nitrogen and oxygen atoms in total. The van der Waals surface area contributed by atoms with Crippen LogP contribution in [-0.2, 0) is 23.3 Å². The Hall–Kier alpha value is -4.43. The molecule has 3 aliphatic rings. The van der Waals surface area contributed by atoms with Crippen LogP contribution in [0.25, 0.3) is 11.1 Å². The highest BCUT2D eigenvalue weighted by atomic mass is 19.4. The monoisotopic (exact) mass is 699 g/mol. The zero-order valence-electron chi connectivity index (χ0n) is 26.1. The van der Waals surface area contributed by atoms with E-state index in [-0.39, 0.29) is 47.9 Å². The zero-order chi connectivity index (χ0) is 35.8. The van der Waals surface area contributed by atoms with Crippen LogP contribution >= 0.6 is 0 Å². The number of alkyl halides is 9. The summed E-state index contributed by atoms with van der Waals surface area (Å²) in [5, 5.41) is 5.37. The molecular weight excluding hydrogens is 669 g/mol. The molecule has 0 bridgehead atoms. The SMILES string of the molecule is COc1ccc([C@H]2[C@H](C)C(=O)N[C@@H]2C)cc1-c1ccc(C(F)(F)F)cc1[C@@H]1CC[C@H]2[C@@H](c3cc(C(F)(F)F)cc(C(F)(F)F)c3)NC(=O)N12. The van der Waals surface area contributed by atoms with Gasteiger partial charge in [0.1, 0.15) is 5.75 Å². The number of halogens is 9. The molecule has 49 heavy (non-hydrogen) atoms. The molecule has 0 aromatic heterocycles. The van der Waals surface area contributed by atoms with Gasteiger partial charge in [0.25, 0.3) is 0 Å². The van der Waals surface area contributed by atoms with Crippen molar-refractivity contribution >= 4 is 11.9 Å². The number of amides is 3. The Morgan fingerprint density at radius 1 is 0.714 bits per heavy atom. The van der Waals surface area contributed by atoms with Crippen LogP contribution in [0.15, 0.2) is 54.6 Å². The van der Waals surface area contributed by atoms with Gasteiger partial charge in [-0.05, 0) is 84.5 Å². The fraction of sp³-hybridized carbons (Fsp3) is 0.412. The minimum atomic E-state index is -5.12. The fourth-order valence-electron chi connectivity index (χ4n) is 7.55. The van der Waals surface area contributed by atoms with E-state index in [0.29, 0.717) is 29.0 Å². The molecule has 3 amide bonds. The molecule has 3 saturated heterocycles. The minimum Gasteiger partial charge on any atom is -0.496 e. The smallest absolute Gasteiger partial charge is 0.416 e. The minimum absolute atomic E-state index is 0.00898. The van der Waals surface area contributed by atoms with Crippen molar-refractivity contribution in [2.75, 3.05) is 7.11 Å². The number of carbonyl (C=O) groups excluding carboxylic acids is 2. The molecule has 3 aromatic rings. The van der Waals surface area contributed by atoms with E-state index in [4.69, 9.17) is 4.74 Å². The number of benzene rings is 3. The maximum absolute atomic E-state index is 14.1. The summed E-state index contributed by atoms with van der Waals surface area (Å²) in [5.41, 5.74) is -3.08. The lowest BCUT2D eigenvalue weighted by Gasteiger charge is -2.28. The molecule has 15 heteroatoms. The number of ether oxygens (including phenoxy) is 1. The van der Waals surface area contributed by atoms with E-state index in [2.05, 4.69) is 10.6 Å². The van der Waals surface area contributed by atoms with Crippen molar-refractivity contribution in [2.45, 2.75) is 75.3 Å². The van der Waals surface area contributed by atoms with Crippen molar-refractivity contribution in [2.24, 2.45) is 5.92 Å². The normalized spacial score (nSPS) is 25.8. The predicted octanol–water partition coefficient (Wildman–Crippen LogP) is 8.63. The number of nitrogens with zero attached hydrogens (tertiary/aromatic N) is 1. The van der Waals surface area contributed by atoms with E-state index >= 15 is 0 Å². The van der Waals surface area contributed by atoms with Crippen LogP contribution in [0.4, 0.5) is 44.3 Å². The highest BCUT2D eigenvalue weighted by Crippen LogP contribution is 2.50. The zero-order valence-corrected chi connectivity index (χ0v) is 26.1. The largest absolute Gasteiger partial charge is 0.496 e. The highest BCUT2D eigenvalue weighted by molar-refractivity contribution is 5.84. The second-order valence-corrected chi connectivity index (χ2v) is 12.7. The Morgan fingerprint density at radius 3 is 1.90 bits per heavy atom. The molecule has 3 heterocycles. The average molecular weight is 700 g/mol. The number of rotatable bonds is 5. The first-order valence-corrected chi connectivity index (χ1v) is 15.4. The van der Waals surface area contributed by atoms with Crippen LogP contribution in [0.2, 0.25) is 0 Å². The molecule has 0 spiro atoms. The second kappa shape index (κ2) is 11.9. The van der Waals surface area contributed by atoms with E-state index in [1.807, 2.05) is 6.92 Å². The van der Waals surface area contributed by atoms with Crippen LogP contribution in [-0.4, -0.2) is 36.0 Å². The number of fused-ring (bicyclic) bond motifs is 1. The van der Waals surface area contributed by atoms with Gasteiger partial charge in [0.15, 0.2) is 0 Å². The third-order valence-corrected chi connectivity index (χ3v) is 9.79. The first kappa shape index (κ1) is 34.4. The van der Waals surface area contributed by atoms with Gasteiger partial charge in [-0.3, -0.25) is 4.79 Å². The number of methoxy groups -OCH3 is 1. The Morgan fingerprint density at radius 2 is 1.35 bits per heavy atom. The predicted molar refractivity (Wildman–Crippen MR) is 158 cm³/mol. The lowest BCUT2D eigenvalue weighted by atomic mass is 9.83. The summed E-state index contributed by atoms with van der Waals surface area (Å²) in [5.74, 6) is -0.535. The van der Waals surface area contributed by atoms with E-state index in [0.717, 1.165) is 12.1 Å². The van der Waals surface area contributed by atoms with Gasteiger partial charge in [0.05, 0.1) is 41.9 Å². The maximum Gasteiger partial charge on any atom is 0.416 e. The van der Waals surface area contributed by atoms with Gasteiger partial charge in [0, 0.05) is 23.4 Å². The van der Waals surface area contributed by atoms with Gasteiger partial charge in [-0.1, -0.05) is 19.1 Å². The Labute approximate surface area is 274 Å². The lowest BCUT2D eigenvalue weighted by Crippen LogP contribution is -2.32. The molecule has 2 N–H and O–H groups in total. The van der Waals surface area contributed by atoms with E-state index in [1.165, 1.54) is 18.1 Å². The molecule has 0 aliphatic carbocycles. The third kappa shape index (κ3) is 6.16. The van der Waals surface area contributed by atoms with Gasteiger partial charge in [0.2, 0.25) is 5.91 Å². The number of nitrogens with one attached hydrogen (secondary N) is 2. The number of carbonyl (C=O) groups is 2. The maximum atomic E-state index is 14.1. The second-order valence-electron chi connectivity index (χ2n) is 12.7. The van der Waals surface area contributed by atoms with Gasteiger partial charge in [-0.2, -0.15) is 39.5 Å². The van der Waals surface area contributed by atoms with E-state index in [9.17, 15) is 49.1 Å². The Bertz CT molecular complexity index is 1770. The van der Waals surface area contributed by atoms with Crippen molar-refractivity contribution in [3.8, 4) is 16.9 Å². The van der Waals surface area contributed by atoms with Crippen LogP contribution < -0.4 is 15.4 Å². The van der Waals surface area contributed by atoms with Crippen molar-refractivity contribution < 1.29 is 53.8 Å². The van der Waals surface area contributed by atoms with Crippen molar-refractivity contribution in [3.63, 3.8) is 0 Å². The Balaban J connectivity index is 1.45. The van der Waals surface area contributed by atoms with Gasteiger partial charge >= 0.3 is 24.6 Å². The summed E-state index contributed by atoms with van der Waals surface area (Å²) in [6, 6.07) is 4.89. The third-order valence-electron chi connectivity index (χ3n) is 9.79. The molecule has 6 rings (SSSR count). The summed E-state index contributed by atoms with van der Waals surface area (Å²) in [6.45, 7) is 3.60. The summed E-state index contributed by atoms with van der Waals surface area (Å²) < 4.78 is 130. The number of urea groups is 1. The molecule has 6 atom stereocenters. The topological polar surface area (TPSA) is 70.7 Å². The first-order chi connectivity index (χ1) is 22.8. The van der Waals surface area contributed by atoms with Crippen molar-refractivity contribution in [1.29, 1.82) is 0 Å². The number of hydrogen-bond donors (Lipinski definition) is 2. The molecule has 0 unspecified atom stereocenters. The summed E-state index contributed by atoms with van der Waals surface area (Å²) >= 11 is 0. The van der Waals surface area contributed by atoms with E-state index in [1.54, 1.807) is 25.1 Å². The standard InChI is InChI=1S/C34H30F9N3O3/c1-15-28(16(2)44-30(15)47)17-4-9-27(49-3)24(12-17)22-6-5-19(32(35,36)37)14-23(22)25-7-8-26-29(45-31(48)46(25)26)18-10-20(33(38,39)40)13-21(11-18)34(41,42)43/h4-6,9-16,25-26,28-29H,7-8H2,1-3H3,(H,44,47)(H,45,48)/t15-,16+,25-,26-,28-,29+/m0/s1. The lowest BCUT2D eigenvalue weighted by molar-refractivity contribution is -0.143. The molecule has 262 valence electrons.